The van der Waals surface area contributed by atoms with Crippen molar-refractivity contribution in [2.75, 3.05) is 31.7 Å². The highest BCUT2D eigenvalue weighted by molar-refractivity contribution is 5.95. The van der Waals surface area contributed by atoms with Gasteiger partial charge in [-0.15, -0.1) is 0 Å². The molecule has 9 nitrogen and oxygen atoms in total. The monoisotopic (exact) mass is 377 g/mol. The van der Waals surface area contributed by atoms with Crippen LogP contribution in [0.5, 0.6) is 0 Å². The zero-order valence-electron chi connectivity index (χ0n) is 15.6. The van der Waals surface area contributed by atoms with Gasteiger partial charge in [0.25, 0.3) is 5.91 Å². The number of rotatable bonds is 11. The van der Waals surface area contributed by atoms with E-state index in [1.54, 1.807) is 37.3 Å². The minimum atomic E-state index is -0.525. The van der Waals surface area contributed by atoms with Gasteiger partial charge < -0.3 is 31.2 Å². The van der Waals surface area contributed by atoms with Crippen LogP contribution in [0.2, 0.25) is 0 Å². The maximum absolute atomic E-state index is 12.2. The van der Waals surface area contributed by atoms with E-state index in [2.05, 4.69) is 10.6 Å². The Morgan fingerprint density at radius 3 is 2.48 bits per heavy atom. The number of hydrazine groups is 1. The summed E-state index contributed by atoms with van der Waals surface area (Å²) < 4.78 is 5.08. The molecule has 0 heterocycles. The molecule has 0 unspecified atom stereocenters. The van der Waals surface area contributed by atoms with Crippen LogP contribution >= 0.6 is 0 Å². The molecular weight excluding hydrogens is 350 g/mol. The second-order valence-electron chi connectivity index (χ2n) is 5.57. The van der Waals surface area contributed by atoms with E-state index in [-0.39, 0.29) is 24.7 Å². The number of aliphatic hydroxyl groups is 1. The number of ether oxygens (including phenoxy) is 1. The first-order valence-electron chi connectivity index (χ1n) is 8.40. The molecule has 27 heavy (non-hydrogen) atoms. The van der Waals surface area contributed by atoms with Crippen molar-refractivity contribution < 1.29 is 19.4 Å². The fourth-order valence-corrected chi connectivity index (χ4v) is 1.95. The fraction of sp³-hybridized carbons (Fsp3) is 0.333. The molecule has 0 aromatic heterocycles. The van der Waals surface area contributed by atoms with Gasteiger partial charge in [-0.3, -0.25) is 9.59 Å². The number of Topliss-reactive ketones (excluding diaryl/α,β-unsaturated/α-hetero) is 1. The highest BCUT2D eigenvalue weighted by atomic mass is 16.5. The lowest BCUT2D eigenvalue weighted by Crippen LogP contribution is -2.35. The van der Waals surface area contributed by atoms with E-state index in [1.807, 2.05) is 0 Å². The van der Waals surface area contributed by atoms with E-state index in [9.17, 15) is 9.59 Å². The number of ketones is 1. The molecule has 148 valence electrons. The summed E-state index contributed by atoms with van der Waals surface area (Å²) in [6.07, 6.45) is 2.97. The van der Waals surface area contributed by atoms with Gasteiger partial charge in [0.1, 0.15) is 11.5 Å². The van der Waals surface area contributed by atoms with Gasteiger partial charge in [-0.25, -0.2) is 5.84 Å². The molecule has 0 fully saturated rings. The molecule has 1 amide bonds. The molecule has 7 N–H and O–H groups in total. The number of hydrogen-bond donors (Lipinski definition) is 5. The summed E-state index contributed by atoms with van der Waals surface area (Å²) >= 11 is 0. The topological polar surface area (TPSA) is 143 Å². The zero-order chi connectivity index (χ0) is 20.2. The second-order valence-corrected chi connectivity index (χ2v) is 5.57. The number of carbonyl (C=O) groups excluding carboxylic acids is 2. The number of amides is 1. The van der Waals surface area contributed by atoms with Gasteiger partial charge in [-0.1, -0.05) is 0 Å². The Morgan fingerprint density at radius 1 is 1.26 bits per heavy atom. The summed E-state index contributed by atoms with van der Waals surface area (Å²) in [4.78, 5) is 23.5. The minimum absolute atomic E-state index is 0.0212. The standard InChI is InChI=1S/C18H27N5O4/c1-3-17(21-15-6-4-14(5-7-15)13(2)25)22-18(26)16(19)12-23(20)8-10-27-11-9-24/h3-7,12,21,24H,8-11,19-20H2,1-2H3,(H,22,26)/b16-12-,17-3+. The first kappa shape index (κ1) is 22.2. The van der Waals surface area contributed by atoms with E-state index in [0.717, 1.165) is 0 Å². The Bertz CT molecular complexity index is 685. The normalized spacial score (nSPS) is 11.9. The van der Waals surface area contributed by atoms with Crippen molar-refractivity contribution in [3.63, 3.8) is 0 Å². The predicted octanol–water partition coefficient (Wildman–Crippen LogP) is 0.263. The number of carbonyl (C=O) groups is 2. The van der Waals surface area contributed by atoms with E-state index >= 15 is 0 Å². The Labute approximate surface area is 158 Å². The number of nitrogens with two attached hydrogens (primary N) is 2. The lowest BCUT2D eigenvalue weighted by Gasteiger charge is -2.16. The van der Waals surface area contributed by atoms with E-state index in [4.69, 9.17) is 21.4 Å². The average molecular weight is 377 g/mol. The van der Waals surface area contributed by atoms with Crippen molar-refractivity contribution >= 4 is 17.4 Å². The van der Waals surface area contributed by atoms with E-state index in [0.29, 0.717) is 30.2 Å². The lowest BCUT2D eigenvalue weighted by atomic mass is 10.1. The maximum Gasteiger partial charge on any atom is 0.274 e. The van der Waals surface area contributed by atoms with Crippen LogP contribution in [0.25, 0.3) is 0 Å². The third-order valence-corrected chi connectivity index (χ3v) is 3.40. The summed E-state index contributed by atoms with van der Waals surface area (Å²) in [6, 6.07) is 6.86. The van der Waals surface area contributed by atoms with Crippen molar-refractivity contribution in [2.24, 2.45) is 11.6 Å². The van der Waals surface area contributed by atoms with Crippen molar-refractivity contribution in [1.29, 1.82) is 0 Å². The van der Waals surface area contributed by atoms with Gasteiger partial charge in [-0.05, 0) is 44.2 Å². The number of benzene rings is 1. The first-order chi connectivity index (χ1) is 12.9. The van der Waals surface area contributed by atoms with Crippen molar-refractivity contribution in [3.05, 3.63) is 53.6 Å². The highest BCUT2D eigenvalue weighted by Crippen LogP contribution is 2.12. The van der Waals surface area contributed by atoms with Gasteiger partial charge in [0, 0.05) is 17.5 Å². The van der Waals surface area contributed by atoms with Gasteiger partial charge >= 0.3 is 0 Å². The lowest BCUT2D eigenvalue weighted by molar-refractivity contribution is -0.116. The number of anilines is 1. The Balaban J connectivity index is 2.58. The van der Waals surface area contributed by atoms with Crippen LogP contribution in [0.1, 0.15) is 24.2 Å². The van der Waals surface area contributed by atoms with Crippen LogP contribution < -0.4 is 22.2 Å². The van der Waals surface area contributed by atoms with Gasteiger partial charge in [0.15, 0.2) is 5.78 Å². The first-order valence-corrected chi connectivity index (χ1v) is 8.40. The van der Waals surface area contributed by atoms with E-state index < -0.39 is 5.91 Å². The van der Waals surface area contributed by atoms with Gasteiger partial charge in [0.2, 0.25) is 0 Å². The van der Waals surface area contributed by atoms with Crippen molar-refractivity contribution in [2.45, 2.75) is 13.8 Å². The molecule has 0 aliphatic rings. The highest BCUT2D eigenvalue weighted by Gasteiger charge is 2.09. The van der Waals surface area contributed by atoms with Crippen LogP contribution in [-0.2, 0) is 9.53 Å². The number of aliphatic hydroxyl groups excluding tert-OH is 1. The number of nitrogens with zero attached hydrogens (tertiary/aromatic N) is 1. The summed E-state index contributed by atoms with van der Waals surface area (Å²) in [5.74, 6) is 5.60. The second kappa shape index (κ2) is 11.7. The fourth-order valence-electron chi connectivity index (χ4n) is 1.95. The predicted molar refractivity (Wildman–Crippen MR) is 103 cm³/mol. The molecule has 0 saturated carbocycles. The molecular formula is C18H27N5O4. The molecule has 0 aliphatic carbocycles. The molecule has 9 heteroatoms. The van der Waals surface area contributed by atoms with Gasteiger partial charge in [-0.2, -0.15) is 0 Å². The van der Waals surface area contributed by atoms with Crippen LogP contribution in [0.15, 0.2) is 48.1 Å². The third-order valence-electron chi connectivity index (χ3n) is 3.40. The summed E-state index contributed by atoms with van der Waals surface area (Å²) in [7, 11) is 0. The summed E-state index contributed by atoms with van der Waals surface area (Å²) in [6.45, 7) is 4.00. The molecule has 0 atom stereocenters. The number of nitrogens with one attached hydrogen (secondary N) is 2. The van der Waals surface area contributed by atoms with Crippen LogP contribution in [0.3, 0.4) is 0 Å². The van der Waals surface area contributed by atoms with E-state index in [1.165, 1.54) is 18.1 Å². The maximum atomic E-state index is 12.2. The van der Waals surface area contributed by atoms with Crippen molar-refractivity contribution in [1.82, 2.24) is 10.3 Å². The smallest absolute Gasteiger partial charge is 0.274 e. The third kappa shape index (κ3) is 8.36. The molecule has 1 aromatic rings. The molecule has 1 aromatic carbocycles. The largest absolute Gasteiger partial charge is 0.394 e. The summed E-state index contributed by atoms with van der Waals surface area (Å²) in [5.41, 5.74) is 6.98. The molecule has 0 saturated heterocycles. The number of allylic oxidation sites excluding steroid dienone is 1. The molecule has 0 radical (unpaired) electrons. The minimum Gasteiger partial charge on any atom is -0.394 e. The zero-order valence-corrected chi connectivity index (χ0v) is 15.6. The Kier molecular flexibility index (Phi) is 9.59. The SMILES string of the molecule is C/C=C(/NC(=O)/C(N)=C/N(N)CCOCCO)Nc1ccc(C(C)=O)cc1. The van der Waals surface area contributed by atoms with Crippen LogP contribution in [0.4, 0.5) is 5.69 Å². The average Bonchev–Trinajstić information content (AvgIpc) is 2.64. The van der Waals surface area contributed by atoms with Crippen molar-refractivity contribution in [3.8, 4) is 0 Å². The summed E-state index contributed by atoms with van der Waals surface area (Å²) in [5, 5.41) is 15.5. The van der Waals surface area contributed by atoms with Crippen LogP contribution in [-0.4, -0.2) is 48.2 Å². The Hall–Kier alpha value is -2.88. The molecule has 1 rings (SSSR count). The molecule has 0 bridgehead atoms. The van der Waals surface area contributed by atoms with Gasteiger partial charge in [0.05, 0.1) is 26.4 Å². The molecule has 0 aliphatic heterocycles. The quantitative estimate of drug-likeness (QED) is 0.121. The molecule has 0 spiro atoms. The van der Waals surface area contributed by atoms with Crippen LogP contribution in [0, 0.1) is 0 Å². The Morgan fingerprint density at radius 2 is 1.93 bits per heavy atom. The number of hydrogen-bond acceptors (Lipinski definition) is 8.